The molecule has 0 unspecified atom stereocenters. The van der Waals surface area contributed by atoms with Crippen molar-refractivity contribution in [1.82, 2.24) is 4.98 Å². The summed E-state index contributed by atoms with van der Waals surface area (Å²) < 4.78 is 6.23. The molecule has 0 saturated carbocycles. The van der Waals surface area contributed by atoms with Gasteiger partial charge in [-0.3, -0.25) is 4.79 Å². The number of ether oxygens (including phenoxy) is 1. The average Bonchev–Trinajstić information content (AvgIpc) is 2.84. The molecule has 1 aromatic heterocycles. The van der Waals surface area contributed by atoms with Crippen molar-refractivity contribution >= 4 is 27.5 Å². The van der Waals surface area contributed by atoms with Gasteiger partial charge in [0, 0.05) is 28.5 Å². The quantitative estimate of drug-likeness (QED) is 0.884. The molecule has 0 radical (unpaired) electrons. The first kappa shape index (κ1) is 13.8. The van der Waals surface area contributed by atoms with Crippen molar-refractivity contribution in [1.29, 1.82) is 0 Å². The van der Waals surface area contributed by atoms with E-state index in [-0.39, 0.29) is 5.91 Å². The standard InChI is InChI=1S/C14H15BrN2O2/c1-2-19-9-10-5-3-4-6-12(10)17-14(18)13-7-11(15)8-16-13/h3-8,16H,2,9H2,1H3,(H,17,18). The minimum Gasteiger partial charge on any atom is -0.377 e. The number of aromatic nitrogens is 1. The summed E-state index contributed by atoms with van der Waals surface area (Å²) in [6, 6.07) is 9.35. The van der Waals surface area contributed by atoms with Gasteiger partial charge < -0.3 is 15.0 Å². The molecule has 1 heterocycles. The number of aromatic amines is 1. The molecule has 0 aliphatic rings. The van der Waals surface area contributed by atoms with Gasteiger partial charge in [-0.25, -0.2) is 0 Å². The fourth-order valence-corrected chi connectivity index (χ4v) is 2.01. The number of carbonyl (C=O) groups is 1. The Morgan fingerprint density at radius 2 is 2.21 bits per heavy atom. The number of amides is 1. The van der Waals surface area contributed by atoms with E-state index in [1.165, 1.54) is 0 Å². The third-order valence-electron chi connectivity index (χ3n) is 2.62. The fraction of sp³-hybridized carbons (Fsp3) is 0.214. The molecule has 0 aliphatic heterocycles. The van der Waals surface area contributed by atoms with Crippen LogP contribution in [0.2, 0.25) is 0 Å². The van der Waals surface area contributed by atoms with E-state index in [1.807, 2.05) is 31.2 Å². The maximum absolute atomic E-state index is 12.0. The van der Waals surface area contributed by atoms with E-state index < -0.39 is 0 Å². The van der Waals surface area contributed by atoms with E-state index in [9.17, 15) is 4.79 Å². The molecule has 0 fully saturated rings. The summed E-state index contributed by atoms with van der Waals surface area (Å²) >= 11 is 3.30. The highest BCUT2D eigenvalue weighted by atomic mass is 79.9. The molecular weight excluding hydrogens is 308 g/mol. The van der Waals surface area contributed by atoms with Gasteiger partial charge in [-0.05, 0) is 35.0 Å². The molecule has 100 valence electrons. The van der Waals surface area contributed by atoms with Gasteiger partial charge in [0.15, 0.2) is 0 Å². The van der Waals surface area contributed by atoms with Gasteiger partial charge in [0.05, 0.1) is 6.61 Å². The summed E-state index contributed by atoms with van der Waals surface area (Å²) in [5.41, 5.74) is 2.24. The van der Waals surface area contributed by atoms with Crippen LogP contribution in [0.4, 0.5) is 5.69 Å². The maximum Gasteiger partial charge on any atom is 0.272 e. The molecule has 0 bridgehead atoms. The first-order valence-electron chi connectivity index (χ1n) is 6.01. The molecule has 0 saturated heterocycles. The van der Waals surface area contributed by atoms with Crippen LogP contribution in [-0.4, -0.2) is 17.5 Å². The van der Waals surface area contributed by atoms with Crippen LogP contribution in [0.15, 0.2) is 41.0 Å². The number of benzene rings is 1. The van der Waals surface area contributed by atoms with Gasteiger partial charge in [-0.2, -0.15) is 0 Å². The zero-order valence-electron chi connectivity index (χ0n) is 10.6. The molecule has 2 aromatic rings. The molecule has 5 heteroatoms. The summed E-state index contributed by atoms with van der Waals surface area (Å²) in [5.74, 6) is -0.172. The number of H-pyrrole nitrogens is 1. The number of para-hydroxylation sites is 1. The van der Waals surface area contributed by atoms with Crippen molar-refractivity contribution in [2.75, 3.05) is 11.9 Å². The highest BCUT2D eigenvalue weighted by Gasteiger charge is 2.10. The van der Waals surface area contributed by atoms with E-state index in [0.29, 0.717) is 18.9 Å². The molecule has 0 atom stereocenters. The van der Waals surface area contributed by atoms with E-state index >= 15 is 0 Å². The lowest BCUT2D eigenvalue weighted by Gasteiger charge is -2.10. The average molecular weight is 323 g/mol. The number of hydrogen-bond acceptors (Lipinski definition) is 2. The Morgan fingerprint density at radius 1 is 1.42 bits per heavy atom. The van der Waals surface area contributed by atoms with E-state index in [2.05, 4.69) is 26.2 Å². The van der Waals surface area contributed by atoms with Crippen LogP contribution in [-0.2, 0) is 11.3 Å². The minimum absolute atomic E-state index is 0.172. The van der Waals surface area contributed by atoms with Crippen molar-refractivity contribution in [2.24, 2.45) is 0 Å². The minimum atomic E-state index is -0.172. The molecule has 2 rings (SSSR count). The lowest BCUT2D eigenvalue weighted by molar-refractivity contribution is 0.102. The Morgan fingerprint density at radius 3 is 2.89 bits per heavy atom. The molecular formula is C14H15BrN2O2. The molecule has 0 aliphatic carbocycles. The Hall–Kier alpha value is -1.59. The monoisotopic (exact) mass is 322 g/mol. The van der Waals surface area contributed by atoms with Crippen molar-refractivity contribution in [3.05, 3.63) is 52.3 Å². The summed E-state index contributed by atoms with van der Waals surface area (Å²) in [6.07, 6.45) is 1.72. The van der Waals surface area contributed by atoms with Crippen LogP contribution in [0.5, 0.6) is 0 Å². The summed E-state index contributed by atoms with van der Waals surface area (Å²) in [4.78, 5) is 14.9. The predicted molar refractivity (Wildman–Crippen MR) is 78.2 cm³/mol. The van der Waals surface area contributed by atoms with Gasteiger partial charge in [0.1, 0.15) is 5.69 Å². The molecule has 19 heavy (non-hydrogen) atoms. The highest BCUT2D eigenvalue weighted by Crippen LogP contribution is 2.18. The van der Waals surface area contributed by atoms with Crippen LogP contribution in [0, 0.1) is 0 Å². The van der Waals surface area contributed by atoms with Crippen molar-refractivity contribution in [2.45, 2.75) is 13.5 Å². The second kappa shape index (κ2) is 6.54. The Labute approximate surface area is 120 Å². The maximum atomic E-state index is 12.0. The largest absolute Gasteiger partial charge is 0.377 e. The number of anilines is 1. The highest BCUT2D eigenvalue weighted by molar-refractivity contribution is 9.10. The fourth-order valence-electron chi connectivity index (χ4n) is 1.67. The van der Waals surface area contributed by atoms with Crippen LogP contribution in [0.3, 0.4) is 0 Å². The normalized spacial score (nSPS) is 10.4. The van der Waals surface area contributed by atoms with Gasteiger partial charge >= 0.3 is 0 Å². The second-order valence-electron chi connectivity index (χ2n) is 3.98. The van der Waals surface area contributed by atoms with Crippen LogP contribution < -0.4 is 5.32 Å². The Balaban J connectivity index is 2.12. The number of rotatable bonds is 5. The third-order valence-corrected chi connectivity index (χ3v) is 3.08. The number of hydrogen-bond donors (Lipinski definition) is 2. The van der Waals surface area contributed by atoms with Crippen molar-refractivity contribution in [3.8, 4) is 0 Å². The molecule has 1 amide bonds. The topological polar surface area (TPSA) is 54.1 Å². The second-order valence-corrected chi connectivity index (χ2v) is 4.90. The Bertz CT molecular complexity index is 566. The van der Waals surface area contributed by atoms with Crippen LogP contribution in [0.25, 0.3) is 0 Å². The van der Waals surface area contributed by atoms with E-state index in [1.54, 1.807) is 12.3 Å². The zero-order chi connectivity index (χ0) is 13.7. The van der Waals surface area contributed by atoms with Gasteiger partial charge in [0.2, 0.25) is 0 Å². The molecule has 2 N–H and O–H groups in total. The smallest absolute Gasteiger partial charge is 0.272 e. The third kappa shape index (κ3) is 3.68. The summed E-state index contributed by atoms with van der Waals surface area (Å²) in [5, 5.41) is 2.88. The number of nitrogens with one attached hydrogen (secondary N) is 2. The zero-order valence-corrected chi connectivity index (χ0v) is 12.2. The summed E-state index contributed by atoms with van der Waals surface area (Å²) in [6.45, 7) is 3.07. The number of halogens is 1. The predicted octanol–water partition coefficient (Wildman–Crippen LogP) is 3.57. The molecule has 1 aromatic carbocycles. The number of carbonyl (C=O) groups excluding carboxylic acids is 1. The first-order valence-corrected chi connectivity index (χ1v) is 6.81. The van der Waals surface area contributed by atoms with Gasteiger partial charge in [-0.15, -0.1) is 0 Å². The van der Waals surface area contributed by atoms with Crippen LogP contribution in [0.1, 0.15) is 23.0 Å². The molecule has 0 spiro atoms. The summed E-state index contributed by atoms with van der Waals surface area (Å²) in [7, 11) is 0. The van der Waals surface area contributed by atoms with E-state index in [0.717, 1.165) is 15.7 Å². The van der Waals surface area contributed by atoms with Gasteiger partial charge in [-0.1, -0.05) is 18.2 Å². The first-order chi connectivity index (χ1) is 9.20. The van der Waals surface area contributed by atoms with E-state index in [4.69, 9.17) is 4.74 Å². The lowest BCUT2D eigenvalue weighted by Crippen LogP contribution is -2.13. The molecule has 4 nitrogen and oxygen atoms in total. The van der Waals surface area contributed by atoms with Crippen LogP contribution >= 0.6 is 15.9 Å². The SMILES string of the molecule is CCOCc1ccccc1NC(=O)c1cc(Br)c[nH]1. The van der Waals surface area contributed by atoms with Gasteiger partial charge in [0.25, 0.3) is 5.91 Å². The lowest BCUT2D eigenvalue weighted by atomic mass is 10.2. The van der Waals surface area contributed by atoms with Crippen molar-refractivity contribution < 1.29 is 9.53 Å². The van der Waals surface area contributed by atoms with Crippen molar-refractivity contribution in [3.63, 3.8) is 0 Å². The Kier molecular flexibility index (Phi) is 4.76.